The standard InChI is InChI=1S/C14H11ClN2O3S/c1-2-20-8-3-4-9(10(15)5-8)12-7-21-14-16-11(13(18)19)6-17(12)14/h3-7H,2H2,1H3,(H,18,19). The van der Waals surface area contributed by atoms with Crippen LogP contribution in [0.2, 0.25) is 5.02 Å². The van der Waals surface area contributed by atoms with Gasteiger partial charge >= 0.3 is 5.97 Å². The lowest BCUT2D eigenvalue weighted by atomic mass is 10.1. The Labute approximate surface area is 129 Å². The first-order chi connectivity index (χ1) is 10.1. The number of carboxylic acid groups (broad SMARTS) is 1. The van der Waals surface area contributed by atoms with Crippen molar-refractivity contribution in [2.24, 2.45) is 0 Å². The molecule has 7 heteroatoms. The van der Waals surface area contributed by atoms with E-state index in [1.807, 2.05) is 24.4 Å². The number of rotatable bonds is 4. The summed E-state index contributed by atoms with van der Waals surface area (Å²) in [5.41, 5.74) is 1.63. The van der Waals surface area contributed by atoms with E-state index in [9.17, 15) is 4.79 Å². The molecule has 0 aliphatic carbocycles. The summed E-state index contributed by atoms with van der Waals surface area (Å²) in [6, 6.07) is 5.44. The van der Waals surface area contributed by atoms with Crippen molar-refractivity contribution in [2.75, 3.05) is 6.61 Å². The first-order valence-corrected chi connectivity index (χ1v) is 7.48. The van der Waals surface area contributed by atoms with E-state index in [2.05, 4.69) is 4.98 Å². The van der Waals surface area contributed by atoms with Gasteiger partial charge < -0.3 is 9.84 Å². The van der Waals surface area contributed by atoms with Crippen LogP contribution in [-0.2, 0) is 0 Å². The molecule has 2 aromatic heterocycles. The monoisotopic (exact) mass is 322 g/mol. The number of hydrogen-bond acceptors (Lipinski definition) is 4. The molecule has 0 bridgehead atoms. The van der Waals surface area contributed by atoms with E-state index in [0.29, 0.717) is 22.3 Å². The van der Waals surface area contributed by atoms with Gasteiger partial charge in [-0.25, -0.2) is 9.78 Å². The summed E-state index contributed by atoms with van der Waals surface area (Å²) in [7, 11) is 0. The molecule has 0 spiro atoms. The zero-order chi connectivity index (χ0) is 15.0. The second kappa shape index (κ2) is 5.38. The van der Waals surface area contributed by atoms with E-state index in [4.69, 9.17) is 21.4 Å². The van der Waals surface area contributed by atoms with E-state index in [0.717, 1.165) is 11.3 Å². The molecular weight excluding hydrogens is 312 g/mol. The van der Waals surface area contributed by atoms with Crippen LogP contribution in [0, 0.1) is 0 Å². The van der Waals surface area contributed by atoms with Gasteiger partial charge in [-0.3, -0.25) is 4.40 Å². The maximum atomic E-state index is 11.0. The fraction of sp³-hybridized carbons (Fsp3) is 0.143. The number of thiazole rings is 1. The molecule has 0 amide bonds. The van der Waals surface area contributed by atoms with Crippen molar-refractivity contribution in [3.05, 3.63) is 40.5 Å². The number of hydrogen-bond donors (Lipinski definition) is 1. The molecule has 0 radical (unpaired) electrons. The van der Waals surface area contributed by atoms with Crippen molar-refractivity contribution in [3.63, 3.8) is 0 Å². The van der Waals surface area contributed by atoms with E-state index < -0.39 is 5.97 Å². The Bertz CT molecular complexity index is 825. The largest absolute Gasteiger partial charge is 0.494 e. The predicted octanol–water partition coefficient (Wildman–Crippen LogP) is 3.81. The summed E-state index contributed by atoms with van der Waals surface area (Å²) in [5.74, 6) is -0.343. The third-order valence-electron chi connectivity index (χ3n) is 2.96. The van der Waals surface area contributed by atoms with E-state index in [-0.39, 0.29) is 5.69 Å². The fourth-order valence-electron chi connectivity index (χ4n) is 2.04. The maximum Gasteiger partial charge on any atom is 0.356 e. The third kappa shape index (κ3) is 2.48. The van der Waals surface area contributed by atoms with Gasteiger partial charge in [-0.05, 0) is 25.1 Å². The average molecular weight is 323 g/mol. The van der Waals surface area contributed by atoms with Gasteiger partial charge in [0.1, 0.15) is 5.75 Å². The second-order valence-corrected chi connectivity index (χ2v) is 5.52. The van der Waals surface area contributed by atoms with Crippen molar-refractivity contribution in [1.82, 2.24) is 9.38 Å². The SMILES string of the molecule is CCOc1ccc(-c2csc3nc(C(=O)O)cn23)c(Cl)c1. The van der Waals surface area contributed by atoms with Crippen molar-refractivity contribution in [3.8, 4) is 17.0 Å². The minimum atomic E-state index is -1.05. The van der Waals surface area contributed by atoms with Crippen molar-refractivity contribution >= 4 is 33.9 Å². The van der Waals surface area contributed by atoms with Gasteiger partial charge in [-0.2, -0.15) is 0 Å². The Morgan fingerprint density at radius 3 is 3.00 bits per heavy atom. The summed E-state index contributed by atoms with van der Waals surface area (Å²) in [6.45, 7) is 2.48. The minimum Gasteiger partial charge on any atom is -0.494 e. The highest BCUT2D eigenvalue weighted by molar-refractivity contribution is 7.15. The van der Waals surface area contributed by atoms with Gasteiger partial charge in [0.25, 0.3) is 0 Å². The van der Waals surface area contributed by atoms with Crippen LogP contribution in [0.5, 0.6) is 5.75 Å². The molecule has 5 nitrogen and oxygen atoms in total. The molecule has 108 valence electrons. The highest BCUT2D eigenvalue weighted by Crippen LogP contribution is 2.34. The highest BCUT2D eigenvalue weighted by Gasteiger charge is 2.15. The molecule has 0 aliphatic rings. The van der Waals surface area contributed by atoms with Crippen LogP contribution in [0.4, 0.5) is 0 Å². The van der Waals surface area contributed by atoms with Crippen LogP contribution in [0.3, 0.4) is 0 Å². The van der Waals surface area contributed by atoms with Crippen LogP contribution in [0.15, 0.2) is 29.8 Å². The molecule has 3 aromatic rings. The molecule has 0 saturated heterocycles. The van der Waals surface area contributed by atoms with Crippen molar-refractivity contribution in [2.45, 2.75) is 6.92 Å². The lowest BCUT2D eigenvalue weighted by Gasteiger charge is -2.07. The Balaban J connectivity index is 2.09. The number of imidazole rings is 1. The van der Waals surface area contributed by atoms with Crippen LogP contribution in [0.1, 0.15) is 17.4 Å². The molecular formula is C14H11ClN2O3S. The smallest absolute Gasteiger partial charge is 0.356 e. The first kappa shape index (κ1) is 13.9. The highest BCUT2D eigenvalue weighted by atomic mass is 35.5. The van der Waals surface area contributed by atoms with Gasteiger partial charge in [0.05, 0.1) is 17.3 Å². The van der Waals surface area contributed by atoms with Gasteiger partial charge in [0, 0.05) is 17.1 Å². The van der Waals surface area contributed by atoms with Gasteiger partial charge in [-0.1, -0.05) is 11.6 Å². The van der Waals surface area contributed by atoms with Gasteiger partial charge in [0.2, 0.25) is 0 Å². The molecule has 21 heavy (non-hydrogen) atoms. The third-order valence-corrected chi connectivity index (χ3v) is 4.11. The summed E-state index contributed by atoms with van der Waals surface area (Å²) >= 11 is 7.67. The summed E-state index contributed by atoms with van der Waals surface area (Å²) in [4.78, 5) is 15.7. The number of aromatic carboxylic acids is 1. The summed E-state index contributed by atoms with van der Waals surface area (Å²) in [5, 5.41) is 11.4. The van der Waals surface area contributed by atoms with E-state index in [1.54, 1.807) is 10.5 Å². The zero-order valence-corrected chi connectivity index (χ0v) is 12.6. The summed E-state index contributed by atoms with van der Waals surface area (Å²) < 4.78 is 7.14. The second-order valence-electron chi connectivity index (χ2n) is 4.28. The van der Waals surface area contributed by atoms with Crippen molar-refractivity contribution in [1.29, 1.82) is 0 Å². The average Bonchev–Trinajstić information content (AvgIpc) is 3.00. The fourth-order valence-corrected chi connectivity index (χ4v) is 3.18. The van der Waals surface area contributed by atoms with Crippen molar-refractivity contribution < 1.29 is 14.6 Å². The summed E-state index contributed by atoms with van der Waals surface area (Å²) in [6.07, 6.45) is 1.50. The lowest BCUT2D eigenvalue weighted by molar-refractivity contribution is 0.0691. The minimum absolute atomic E-state index is 0.0187. The number of fused-ring (bicyclic) bond motifs is 1. The molecule has 0 fully saturated rings. The zero-order valence-electron chi connectivity index (χ0n) is 11.0. The lowest BCUT2D eigenvalue weighted by Crippen LogP contribution is -1.95. The van der Waals surface area contributed by atoms with Gasteiger partial charge in [0.15, 0.2) is 10.7 Å². The van der Waals surface area contributed by atoms with Crippen LogP contribution >= 0.6 is 22.9 Å². The molecule has 2 heterocycles. The molecule has 0 aliphatic heterocycles. The maximum absolute atomic E-state index is 11.0. The Kier molecular flexibility index (Phi) is 3.57. The Hall–Kier alpha value is -2.05. The molecule has 0 atom stereocenters. The number of carboxylic acids is 1. The first-order valence-electron chi connectivity index (χ1n) is 6.22. The predicted molar refractivity (Wildman–Crippen MR) is 81.6 cm³/mol. The van der Waals surface area contributed by atoms with E-state index in [1.165, 1.54) is 17.5 Å². The number of aromatic nitrogens is 2. The quantitative estimate of drug-likeness (QED) is 0.793. The van der Waals surface area contributed by atoms with Gasteiger partial charge in [-0.15, -0.1) is 11.3 Å². The molecule has 1 aromatic carbocycles. The number of ether oxygens (including phenoxy) is 1. The number of benzene rings is 1. The number of carbonyl (C=O) groups is 1. The van der Waals surface area contributed by atoms with Crippen LogP contribution in [0.25, 0.3) is 16.2 Å². The normalized spacial score (nSPS) is 11.0. The Morgan fingerprint density at radius 2 is 2.33 bits per heavy atom. The number of halogens is 1. The topological polar surface area (TPSA) is 63.8 Å². The Morgan fingerprint density at radius 1 is 1.52 bits per heavy atom. The van der Waals surface area contributed by atoms with E-state index >= 15 is 0 Å². The van der Waals surface area contributed by atoms with Crippen LogP contribution < -0.4 is 4.74 Å². The van der Waals surface area contributed by atoms with Crippen LogP contribution in [-0.4, -0.2) is 27.1 Å². The molecule has 0 saturated carbocycles. The molecule has 3 rings (SSSR count). The number of nitrogens with zero attached hydrogens (tertiary/aromatic N) is 2. The molecule has 0 unspecified atom stereocenters. The molecule has 1 N–H and O–H groups in total.